The molecule has 0 spiro atoms. The molecule has 0 fully saturated rings. The second-order valence-electron chi connectivity index (χ2n) is 8.96. The lowest BCUT2D eigenvalue weighted by molar-refractivity contribution is -0.116. The number of aromatic nitrogens is 3. The number of benzene rings is 3. The number of carbonyl (C=O) groups excluding carboxylic acids is 1. The van der Waals surface area contributed by atoms with Crippen molar-refractivity contribution in [2.75, 3.05) is 24.7 Å². The number of carbonyl (C=O) groups is 1. The van der Waals surface area contributed by atoms with Crippen molar-refractivity contribution in [3.8, 4) is 0 Å². The molecule has 9 nitrogen and oxygen atoms in total. The maximum absolute atomic E-state index is 13.4. The van der Waals surface area contributed by atoms with Crippen molar-refractivity contribution in [2.24, 2.45) is 12.1 Å². The average molecular weight is 528 g/mol. The van der Waals surface area contributed by atoms with Crippen LogP contribution in [0.1, 0.15) is 6.92 Å². The molecule has 39 heavy (non-hydrogen) atoms. The van der Waals surface area contributed by atoms with E-state index in [1.54, 1.807) is 40.4 Å². The van der Waals surface area contributed by atoms with Crippen LogP contribution in [0.2, 0.25) is 0 Å². The molecule has 5 aromatic rings. The van der Waals surface area contributed by atoms with E-state index in [0.717, 1.165) is 22.0 Å². The lowest BCUT2D eigenvalue weighted by Crippen LogP contribution is -2.27. The van der Waals surface area contributed by atoms with Crippen LogP contribution in [0.4, 0.5) is 21.5 Å². The van der Waals surface area contributed by atoms with Crippen molar-refractivity contribution >= 4 is 50.9 Å². The fourth-order valence-electron chi connectivity index (χ4n) is 4.11. The third-order valence-electron chi connectivity index (χ3n) is 5.80. The first-order valence-corrected chi connectivity index (χ1v) is 12.3. The molecular weight excluding hydrogens is 497 g/mol. The second kappa shape index (κ2) is 12.0. The Kier molecular flexibility index (Phi) is 8.35. The largest absolute Gasteiger partial charge is 0.355 e. The minimum atomic E-state index is -0.448. The molecule has 0 unspecified atom stereocenters. The summed E-state index contributed by atoms with van der Waals surface area (Å²) in [6, 6.07) is 18.8. The van der Waals surface area contributed by atoms with Gasteiger partial charge in [0, 0.05) is 50.3 Å². The molecule has 0 bridgehead atoms. The summed E-state index contributed by atoms with van der Waals surface area (Å²) in [5, 5.41) is 18.0. The summed E-state index contributed by atoms with van der Waals surface area (Å²) in [5.74, 6) is -0.870. The Balaban J connectivity index is 0.000000531. The monoisotopic (exact) mass is 527 g/mol. The van der Waals surface area contributed by atoms with Gasteiger partial charge in [-0.25, -0.2) is 4.39 Å². The van der Waals surface area contributed by atoms with Crippen LogP contribution in [0.25, 0.3) is 21.7 Å². The molecule has 2 N–H and O–H groups in total. The third kappa shape index (κ3) is 6.67. The summed E-state index contributed by atoms with van der Waals surface area (Å²) in [7, 11) is 5.66. The zero-order valence-electron chi connectivity index (χ0n) is 22.2. The van der Waals surface area contributed by atoms with Gasteiger partial charge in [-0.2, -0.15) is 10.2 Å². The number of hydrogen-bond donors (Lipinski definition) is 2. The van der Waals surface area contributed by atoms with Crippen molar-refractivity contribution in [1.29, 1.82) is 0 Å². The van der Waals surface area contributed by atoms with Gasteiger partial charge in [0.05, 0.1) is 22.8 Å². The minimum absolute atomic E-state index is 0.193. The molecule has 1 amide bonds. The summed E-state index contributed by atoms with van der Waals surface area (Å²) in [4.78, 5) is 25.7. The summed E-state index contributed by atoms with van der Waals surface area (Å²) >= 11 is 0. The average Bonchev–Trinajstić information content (AvgIpc) is 3.26. The third-order valence-corrected chi connectivity index (χ3v) is 5.80. The molecule has 0 saturated heterocycles. The molecule has 2 aromatic heterocycles. The SMILES string of the molecule is C/C=N\N(C)C.Cn1ncc2cc(Nc3cccc4ccn(CC(=O)Nc5cccc(F)c5)c(=O)c34)ccc21. The summed E-state index contributed by atoms with van der Waals surface area (Å²) in [5.41, 5.74) is 2.50. The number of rotatable bonds is 6. The van der Waals surface area contributed by atoms with Crippen LogP contribution in [0, 0.1) is 5.82 Å². The van der Waals surface area contributed by atoms with Crippen LogP contribution < -0.4 is 16.2 Å². The molecular formula is C29H30FN7O2. The number of halogens is 1. The molecule has 0 aliphatic heterocycles. The van der Waals surface area contributed by atoms with Gasteiger partial charge in [-0.3, -0.25) is 14.3 Å². The highest BCUT2D eigenvalue weighted by Crippen LogP contribution is 2.26. The van der Waals surface area contributed by atoms with Gasteiger partial charge in [0.2, 0.25) is 5.91 Å². The normalized spacial score (nSPS) is 10.9. The summed E-state index contributed by atoms with van der Waals surface area (Å²) < 4.78 is 16.5. The number of aryl methyl sites for hydroxylation is 1. The number of nitrogens with zero attached hydrogens (tertiary/aromatic N) is 5. The van der Waals surface area contributed by atoms with Gasteiger partial charge < -0.3 is 20.2 Å². The number of nitrogens with one attached hydrogen (secondary N) is 2. The summed E-state index contributed by atoms with van der Waals surface area (Å²) in [6.45, 7) is 1.70. The summed E-state index contributed by atoms with van der Waals surface area (Å²) in [6.07, 6.45) is 5.12. The zero-order chi connectivity index (χ0) is 27.9. The van der Waals surface area contributed by atoms with Crippen molar-refractivity contribution in [3.05, 3.63) is 95.3 Å². The van der Waals surface area contributed by atoms with Crippen LogP contribution >= 0.6 is 0 Å². The quantitative estimate of drug-likeness (QED) is 0.240. The van der Waals surface area contributed by atoms with E-state index in [9.17, 15) is 14.0 Å². The molecule has 0 aliphatic rings. The molecule has 10 heteroatoms. The van der Waals surface area contributed by atoms with Crippen LogP contribution in [-0.4, -0.2) is 45.6 Å². The number of hydrogen-bond acceptors (Lipinski definition) is 6. The van der Waals surface area contributed by atoms with Gasteiger partial charge in [-0.05, 0) is 60.8 Å². The molecule has 2 heterocycles. The topological polar surface area (TPSA) is 96.6 Å². The zero-order valence-corrected chi connectivity index (χ0v) is 22.2. The van der Waals surface area contributed by atoms with Crippen LogP contribution in [-0.2, 0) is 18.4 Å². The maximum atomic E-state index is 13.4. The van der Waals surface area contributed by atoms with Crippen LogP contribution in [0.5, 0.6) is 0 Å². The maximum Gasteiger partial charge on any atom is 0.261 e. The van der Waals surface area contributed by atoms with E-state index in [2.05, 4.69) is 20.8 Å². The molecule has 0 saturated carbocycles. The number of hydrazone groups is 1. The number of fused-ring (bicyclic) bond motifs is 2. The molecule has 3 aromatic carbocycles. The number of amides is 1. The molecule has 0 aliphatic carbocycles. The first-order chi connectivity index (χ1) is 18.7. The Morgan fingerprint density at radius 1 is 1.05 bits per heavy atom. The van der Waals surface area contributed by atoms with E-state index in [-0.39, 0.29) is 12.1 Å². The van der Waals surface area contributed by atoms with Gasteiger partial charge in [0.15, 0.2) is 0 Å². The predicted molar refractivity (Wildman–Crippen MR) is 155 cm³/mol. The molecule has 5 rings (SSSR count). The number of pyridine rings is 1. The van der Waals surface area contributed by atoms with Crippen molar-refractivity contribution < 1.29 is 9.18 Å². The van der Waals surface area contributed by atoms with Crippen molar-refractivity contribution in [2.45, 2.75) is 13.5 Å². The van der Waals surface area contributed by atoms with Gasteiger partial charge in [-0.15, -0.1) is 0 Å². The fourth-order valence-corrected chi connectivity index (χ4v) is 4.11. The van der Waals surface area contributed by atoms with Gasteiger partial charge in [0.25, 0.3) is 5.56 Å². The minimum Gasteiger partial charge on any atom is -0.355 e. The second-order valence-corrected chi connectivity index (χ2v) is 8.96. The van der Waals surface area contributed by atoms with E-state index in [1.807, 2.05) is 64.5 Å². The lowest BCUT2D eigenvalue weighted by atomic mass is 10.1. The van der Waals surface area contributed by atoms with Crippen molar-refractivity contribution in [1.82, 2.24) is 19.4 Å². The van der Waals surface area contributed by atoms with Crippen molar-refractivity contribution in [3.63, 3.8) is 0 Å². The standard InChI is InChI=1S/C25H20FN5O2.C4H10N2/c1-30-22-9-8-20(12-17(22)14-27-30)28-21-7-2-4-16-10-11-31(25(33)24(16)21)15-23(32)29-19-6-3-5-18(26)13-19;1-4-5-6(2)3/h2-14,28H,15H2,1H3,(H,29,32);4H,1-3H3/b;5-4-. The molecule has 0 radical (unpaired) electrons. The van der Waals surface area contributed by atoms with E-state index >= 15 is 0 Å². The highest BCUT2D eigenvalue weighted by Gasteiger charge is 2.12. The first-order valence-electron chi connectivity index (χ1n) is 12.3. The Hall–Kier alpha value is -4.99. The Bertz CT molecular complexity index is 1710. The van der Waals surface area contributed by atoms with Gasteiger partial charge in [-0.1, -0.05) is 18.2 Å². The highest BCUT2D eigenvalue weighted by molar-refractivity contribution is 5.96. The number of anilines is 3. The van der Waals surface area contributed by atoms with Gasteiger partial charge >= 0.3 is 0 Å². The Labute approximate surface area is 225 Å². The fraction of sp³-hybridized carbons (Fsp3) is 0.172. The lowest BCUT2D eigenvalue weighted by Gasteiger charge is -2.12. The first kappa shape index (κ1) is 27.1. The predicted octanol–water partition coefficient (Wildman–Crippen LogP) is 4.96. The van der Waals surface area contributed by atoms with Gasteiger partial charge in [0.1, 0.15) is 12.4 Å². The van der Waals surface area contributed by atoms with E-state index in [1.165, 1.54) is 22.8 Å². The highest BCUT2D eigenvalue weighted by atomic mass is 19.1. The van der Waals surface area contributed by atoms with Crippen LogP contribution in [0.15, 0.2) is 89.0 Å². The molecule has 200 valence electrons. The van der Waals surface area contributed by atoms with E-state index < -0.39 is 11.7 Å². The smallest absolute Gasteiger partial charge is 0.261 e. The Morgan fingerprint density at radius 2 is 1.85 bits per heavy atom. The Morgan fingerprint density at radius 3 is 2.56 bits per heavy atom. The van der Waals surface area contributed by atoms with Crippen LogP contribution in [0.3, 0.4) is 0 Å². The molecule has 0 atom stereocenters. The van der Waals surface area contributed by atoms with E-state index in [4.69, 9.17) is 0 Å². The van der Waals surface area contributed by atoms with E-state index in [0.29, 0.717) is 16.8 Å².